The molecule has 0 bridgehead atoms. The van der Waals surface area contributed by atoms with Gasteiger partial charge in [-0.05, 0) is 13.3 Å². The SMILES string of the molecule is CCN(/C=C(/C#N)C(=O)NCCN1CCOCC1)C1CCS(=O)(=O)C1. The summed E-state index contributed by atoms with van der Waals surface area (Å²) in [6.45, 7) is 6.69. The fraction of sp³-hybridized carbons (Fsp3) is 0.750. The van der Waals surface area contributed by atoms with E-state index < -0.39 is 15.7 Å². The van der Waals surface area contributed by atoms with Crippen molar-refractivity contribution in [3.63, 3.8) is 0 Å². The second kappa shape index (κ2) is 9.17. The molecule has 0 aliphatic carbocycles. The van der Waals surface area contributed by atoms with E-state index in [0.29, 0.717) is 39.3 Å². The molecular weight excluding hydrogens is 344 g/mol. The maximum Gasteiger partial charge on any atom is 0.263 e. The fourth-order valence-corrected chi connectivity index (χ4v) is 4.79. The monoisotopic (exact) mass is 370 g/mol. The first kappa shape index (κ1) is 19.7. The molecule has 1 unspecified atom stereocenters. The number of hydrogen-bond acceptors (Lipinski definition) is 7. The van der Waals surface area contributed by atoms with Crippen LogP contribution < -0.4 is 5.32 Å². The molecule has 2 fully saturated rings. The summed E-state index contributed by atoms with van der Waals surface area (Å²) in [5.74, 6) is -0.181. The molecule has 0 radical (unpaired) electrons. The van der Waals surface area contributed by atoms with Gasteiger partial charge in [0.2, 0.25) is 0 Å². The number of sulfone groups is 1. The van der Waals surface area contributed by atoms with Crippen LogP contribution in [0.4, 0.5) is 0 Å². The van der Waals surface area contributed by atoms with Crippen molar-refractivity contribution < 1.29 is 17.9 Å². The smallest absolute Gasteiger partial charge is 0.263 e. The van der Waals surface area contributed by atoms with E-state index >= 15 is 0 Å². The first-order chi connectivity index (χ1) is 11.9. The number of rotatable bonds is 7. The second-order valence-electron chi connectivity index (χ2n) is 6.25. The van der Waals surface area contributed by atoms with Gasteiger partial charge in [-0.25, -0.2) is 8.42 Å². The molecule has 0 aromatic heterocycles. The number of nitriles is 1. The fourth-order valence-electron chi connectivity index (χ4n) is 3.04. The lowest BCUT2D eigenvalue weighted by molar-refractivity contribution is -0.117. The molecular formula is C16H26N4O4S. The molecule has 2 heterocycles. The molecule has 9 heteroatoms. The molecule has 140 valence electrons. The van der Waals surface area contributed by atoms with E-state index in [9.17, 15) is 18.5 Å². The summed E-state index contributed by atoms with van der Waals surface area (Å²) in [5, 5.41) is 12.0. The van der Waals surface area contributed by atoms with Gasteiger partial charge in [0.1, 0.15) is 11.6 Å². The zero-order valence-corrected chi connectivity index (χ0v) is 15.4. The van der Waals surface area contributed by atoms with E-state index in [2.05, 4.69) is 10.2 Å². The molecule has 0 aromatic carbocycles. The van der Waals surface area contributed by atoms with Crippen LogP contribution in [0.25, 0.3) is 0 Å². The first-order valence-electron chi connectivity index (χ1n) is 8.61. The van der Waals surface area contributed by atoms with Crippen molar-refractivity contribution in [3.8, 4) is 6.07 Å². The van der Waals surface area contributed by atoms with E-state index in [1.807, 2.05) is 13.0 Å². The summed E-state index contributed by atoms with van der Waals surface area (Å²) in [7, 11) is -3.01. The highest BCUT2D eigenvalue weighted by Gasteiger charge is 2.31. The summed E-state index contributed by atoms with van der Waals surface area (Å²) >= 11 is 0. The van der Waals surface area contributed by atoms with Crippen LogP contribution in [0.1, 0.15) is 13.3 Å². The quantitative estimate of drug-likeness (QED) is 0.469. The Morgan fingerprint density at radius 2 is 2.16 bits per heavy atom. The third kappa shape index (κ3) is 5.99. The molecule has 0 saturated carbocycles. The van der Waals surface area contributed by atoms with Crippen LogP contribution >= 0.6 is 0 Å². The predicted molar refractivity (Wildman–Crippen MR) is 93.4 cm³/mol. The third-order valence-electron chi connectivity index (χ3n) is 4.52. The van der Waals surface area contributed by atoms with Gasteiger partial charge < -0.3 is 15.0 Å². The summed E-state index contributed by atoms with van der Waals surface area (Å²) in [5.41, 5.74) is 0.00752. The van der Waals surface area contributed by atoms with Crippen LogP contribution in [0, 0.1) is 11.3 Å². The maximum atomic E-state index is 12.2. The summed E-state index contributed by atoms with van der Waals surface area (Å²) < 4.78 is 28.5. The van der Waals surface area contributed by atoms with Crippen molar-refractivity contribution >= 4 is 15.7 Å². The van der Waals surface area contributed by atoms with E-state index in [-0.39, 0.29) is 23.1 Å². The minimum atomic E-state index is -3.01. The minimum Gasteiger partial charge on any atom is -0.379 e. The molecule has 0 spiro atoms. The van der Waals surface area contributed by atoms with Crippen molar-refractivity contribution in [1.82, 2.24) is 15.1 Å². The number of carbonyl (C=O) groups excluding carboxylic acids is 1. The van der Waals surface area contributed by atoms with Gasteiger partial charge in [-0.15, -0.1) is 0 Å². The number of carbonyl (C=O) groups is 1. The Morgan fingerprint density at radius 1 is 1.44 bits per heavy atom. The molecule has 8 nitrogen and oxygen atoms in total. The van der Waals surface area contributed by atoms with Crippen LogP contribution in [-0.4, -0.2) is 87.6 Å². The van der Waals surface area contributed by atoms with Gasteiger partial charge in [-0.3, -0.25) is 9.69 Å². The Labute approximate surface area is 149 Å². The Kier molecular flexibility index (Phi) is 7.23. The van der Waals surface area contributed by atoms with E-state index in [1.165, 1.54) is 6.20 Å². The van der Waals surface area contributed by atoms with Gasteiger partial charge in [0.05, 0.1) is 24.7 Å². The lowest BCUT2D eigenvalue weighted by Gasteiger charge is -2.26. The van der Waals surface area contributed by atoms with Crippen LogP contribution in [-0.2, 0) is 19.4 Å². The van der Waals surface area contributed by atoms with Crippen molar-refractivity contribution in [3.05, 3.63) is 11.8 Å². The average molecular weight is 370 g/mol. The highest BCUT2D eigenvalue weighted by atomic mass is 32.2. The van der Waals surface area contributed by atoms with Crippen molar-refractivity contribution in [2.45, 2.75) is 19.4 Å². The number of ether oxygens (including phenoxy) is 1. The van der Waals surface area contributed by atoms with Crippen LogP contribution in [0.5, 0.6) is 0 Å². The summed E-state index contributed by atoms with van der Waals surface area (Å²) in [6.07, 6.45) is 2.03. The normalized spacial score (nSPS) is 23.8. The Balaban J connectivity index is 1.88. The molecule has 1 atom stereocenters. The van der Waals surface area contributed by atoms with Crippen molar-refractivity contribution in [2.24, 2.45) is 0 Å². The van der Waals surface area contributed by atoms with Crippen molar-refractivity contribution in [2.75, 3.05) is 57.4 Å². The van der Waals surface area contributed by atoms with E-state index in [1.54, 1.807) is 4.90 Å². The summed E-state index contributed by atoms with van der Waals surface area (Å²) in [4.78, 5) is 16.2. The van der Waals surface area contributed by atoms with Gasteiger partial charge >= 0.3 is 0 Å². The topological polar surface area (TPSA) is 103 Å². The summed E-state index contributed by atoms with van der Waals surface area (Å²) in [6, 6.07) is 1.76. The molecule has 2 rings (SSSR count). The Bertz CT molecular complexity index is 635. The lowest BCUT2D eigenvalue weighted by Crippen LogP contribution is -2.41. The molecule has 2 saturated heterocycles. The molecule has 0 aromatic rings. The Morgan fingerprint density at radius 3 is 2.72 bits per heavy atom. The van der Waals surface area contributed by atoms with Gasteiger partial charge in [0, 0.05) is 45.0 Å². The number of nitrogens with zero attached hydrogens (tertiary/aromatic N) is 3. The highest BCUT2D eigenvalue weighted by molar-refractivity contribution is 7.91. The number of amides is 1. The third-order valence-corrected chi connectivity index (χ3v) is 6.27. The van der Waals surface area contributed by atoms with Crippen LogP contribution in [0.3, 0.4) is 0 Å². The van der Waals surface area contributed by atoms with Gasteiger partial charge in [-0.1, -0.05) is 0 Å². The number of nitrogens with one attached hydrogen (secondary N) is 1. The second-order valence-corrected chi connectivity index (χ2v) is 8.48. The van der Waals surface area contributed by atoms with Crippen molar-refractivity contribution in [1.29, 1.82) is 5.26 Å². The van der Waals surface area contributed by atoms with Gasteiger partial charge in [0.25, 0.3) is 5.91 Å². The molecule has 25 heavy (non-hydrogen) atoms. The molecule has 1 N–H and O–H groups in total. The van der Waals surface area contributed by atoms with Gasteiger partial charge in [-0.2, -0.15) is 5.26 Å². The highest BCUT2D eigenvalue weighted by Crippen LogP contribution is 2.18. The number of hydrogen-bond donors (Lipinski definition) is 1. The average Bonchev–Trinajstić information content (AvgIpc) is 2.96. The first-order valence-corrected chi connectivity index (χ1v) is 10.4. The Hall–Kier alpha value is -1.63. The predicted octanol–water partition coefficient (Wildman–Crippen LogP) is -0.649. The van der Waals surface area contributed by atoms with Crippen LogP contribution in [0.15, 0.2) is 11.8 Å². The standard InChI is InChI=1S/C16H26N4O4S/c1-2-20(15-3-10-25(22,23)13-15)12-14(11-17)16(21)18-4-5-19-6-8-24-9-7-19/h12,15H,2-10,13H2,1H3,(H,18,21)/b14-12-. The van der Waals surface area contributed by atoms with E-state index in [0.717, 1.165) is 13.1 Å². The van der Waals surface area contributed by atoms with Gasteiger partial charge in [0.15, 0.2) is 9.84 Å². The molecule has 2 aliphatic heterocycles. The molecule has 2 aliphatic rings. The number of morpholine rings is 1. The van der Waals surface area contributed by atoms with E-state index in [4.69, 9.17) is 4.74 Å². The largest absolute Gasteiger partial charge is 0.379 e. The zero-order chi connectivity index (χ0) is 18.3. The minimum absolute atomic E-state index is 0.00752. The zero-order valence-electron chi connectivity index (χ0n) is 14.6. The molecule has 1 amide bonds. The lowest BCUT2D eigenvalue weighted by atomic mass is 10.2. The van der Waals surface area contributed by atoms with Crippen LogP contribution in [0.2, 0.25) is 0 Å². The maximum absolute atomic E-state index is 12.2.